The fourth-order valence-corrected chi connectivity index (χ4v) is 3.20. The molecular weight excluding hydrogens is 350 g/mol. The van der Waals surface area contributed by atoms with E-state index in [0.717, 1.165) is 11.1 Å². The van der Waals surface area contributed by atoms with E-state index in [9.17, 15) is 18.4 Å². The maximum atomic E-state index is 12.9. The molecule has 1 unspecified atom stereocenters. The predicted octanol–water partition coefficient (Wildman–Crippen LogP) is 2.71. The molecule has 3 rings (SSSR count). The van der Waals surface area contributed by atoms with Gasteiger partial charge in [0.2, 0.25) is 11.8 Å². The zero-order valence-electron chi connectivity index (χ0n) is 15.0. The van der Waals surface area contributed by atoms with Crippen LogP contribution in [0.4, 0.5) is 8.78 Å². The molecule has 27 heavy (non-hydrogen) atoms. The molecule has 0 bridgehead atoms. The Labute approximate surface area is 157 Å². The maximum Gasteiger partial charge on any atom is 0.225 e. The lowest BCUT2D eigenvalue weighted by atomic mass is 10.1. The molecule has 0 saturated carbocycles. The van der Waals surface area contributed by atoms with E-state index in [1.54, 1.807) is 29.2 Å². The Morgan fingerprint density at radius 1 is 0.963 bits per heavy atom. The van der Waals surface area contributed by atoms with Crippen LogP contribution in [-0.4, -0.2) is 36.3 Å². The van der Waals surface area contributed by atoms with Crippen LogP contribution < -0.4 is 5.32 Å². The van der Waals surface area contributed by atoms with Crippen LogP contribution in [0.3, 0.4) is 0 Å². The van der Waals surface area contributed by atoms with Gasteiger partial charge >= 0.3 is 0 Å². The lowest BCUT2D eigenvalue weighted by molar-refractivity contribution is -0.129. The number of carbonyl (C=O) groups is 2. The number of rotatable bonds is 7. The zero-order valence-corrected chi connectivity index (χ0v) is 15.0. The second kappa shape index (κ2) is 8.75. The predicted molar refractivity (Wildman–Crippen MR) is 97.9 cm³/mol. The van der Waals surface area contributed by atoms with E-state index in [0.29, 0.717) is 32.5 Å². The van der Waals surface area contributed by atoms with Crippen molar-refractivity contribution < 1.29 is 18.4 Å². The van der Waals surface area contributed by atoms with Gasteiger partial charge in [-0.25, -0.2) is 8.78 Å². The molecule has 1 N–H and O–H groups in total. The highest BCUT2D eigenvalue weighted by atomic mass is 19.1. The van der Waals surface area contributed by atoms with Crippen LogP contribution in [0, 0.1) is 17.6 Å². The molecule has 2 aromatic rings. The van der Waals surface area contributed by atoms with E-state index >= 15 is 0 Å². The SMILES string of the molecule is O=C(NCCc1ccc(F)cc1)C1CC(=O)N(CCc2ccc(F)cc2)C1. The van der Waals surface area contributed by atoms with E-state index in [1.165, 1.54) is 24.3 Å². The number of benzene rings is 2. The van der Waals surface area contributed by atoms with Gasteiger partial charge in [0.25, 0.3) is 0 Å². The standard InChI is InChI=1S/C21H22F2N2O2/c22-18-5-1-15(2-6-18)9-11-24-21(27)17-13-20(26)25(14-17)12-10-16-3-7-19(23)8-4-16/h1-8,17H,9-14H2,(H,24,27). The van der Waals surface area contributed by atoms with E-state index in [1.807, 2.05) is 0 Å². The smallest absolute Gasteiger partial charge is 0.225 e. The summed E-state index contributed by atoms with van der Waals surface area (Å²) in [5.74, 6) is -1.08. The third kappa shape index (κ3) is 5.36. The first-order valence-electron chi connectivity index (χ1n) is 9.05. The Morgan fingerprint density at radius 3 is 2.11 bits per heavy atom. The van der Waals surface area contributed by atoms with Crippen molar-refractivity contribution in [2.45, 2.75) is 19.3 Å². The third-order valence-electron chi connectivity index (χ3n) is 4.80. The maximum absolute atomic E-state index is 12.9. The summed E-state index contributed by atoms with van der Waals surface area (Å²) in [5, 5.41) is 2.86. The minimum absolute atomic E-state index is 0.0317. The van der Waals surface area contributed by atoms with Crippen LogP contribution in [0.1, 0.15) is 17.5 Å². The summed E-state index contributed by atoms with van der Waals surface area (Å²) in [4.78, 5) is 26.1. The summed E-state index contributed by atoms with van der Waals surface area (Å²) in [6.45, 7) is 1.37. The van der Waals surface area contributed by atoms with Gasteiger partial charge in [0.15, 0.2) is 0 Å². The number of likely N-dealkylation sites (tertiary alicyclic amines) is 1. The molecule has 4 nitrogen and oxygen atoms in total. The lowest BCUT2D eigenvalue weighted by Gasteiger charge is -2.16. The summed E-state index contributed by atoms with van der Waals surface area (Å²) in [6, 6.07) is 12.4. The monoisotopic (exact) mass is 372 g/mol. The van der Waals surface area contributed by atoms with Crippen LogP contribution in [0.15, 0.2) is 48.5 Å². The number of nitrogens with zero attached hydrogens (tertiary/aromatic N) is 1. The Morgan fingerprint density at radius 2 is 1.52 bits per heavy atom. The second-order valence-corrected chi connectivity index (χ2v) is 6.78. The Hall–Kier alpha value is -2.76. The van der Waals surface area contributed by atoms with Crippen molar-refractivity contribution in [3.05, 3.63) is 71.3 Å². The van der Waals surface area contributed by atoms with Gasteiger partial charge in [-0.15, -0.1) is 0 Å². The zero-order chi connectivity index (χ0) is 19.2. The quantitative estimate of drug-likeness (QED) is 0.813. The number of halogens is 2. The molecule has 2 amide bonds. The van der Waals surface area contributed by atoms with Gasteiger partial charge in [0, 0.05) is 26.1 Å². The minimum atomic E-state index is -0.348. The van der Waals surface area contributed by atoms with Gasteiger partial charge in [-0.3, -0.25) is 9.59 Å². The molecule has 1 aliphatic rings. The molecule has 1 saturated heterocycles. The molecule has 6 heteroatoms. The Kier molecular flexibility index (Phi) is 6.16. The van der Waals surface area contributed by atoms with Crippen molar-refractivity contribution in [1.82, 2.24) is 10.2 Å². The molecule has 1 aliphatic heterocycles. The molecule has 1 heterocycles. The summed E-state index contributed by atoms with van der Waals surface area (Å²) in [6.07, 6.45) is 1.46. The van der Waals surface area contributed by atoms with E-state index in [2.05, 4.69) is 5.32 Å². The van der Waals surface area contributed by atoms with Crippen LogP contribution in [-0.2, 0) is 22.4 Å². The number of amides is 2. The average molecular weight is 372 g/mol. The van der Waals surface area contributed by atoms with Crippen molar-refractivity contribution in [1.29, 1.82) is 0 Å². The summed E-state index contributed by atoms with van der Waals surface area (Å²) in [7, 11) is 0. The van der Waals surface area contributed by atoms with Gasteiger partial charge in [0.1, 0.15) is 11.6 Å². The van der Waals surface area contributed by atoms with Crippen LogP contribution >= 0.6 is 0 Å². The Balaban J connectivity index is 1.42. The number of hydrogen-bond acceptors (Lipinski definition) is 2. The van der Waals surface area contributed by atoms with Gasteiger partial charge in [-0.1, -0.05) is 24.3 Å². The molecule has 0 spiro atoms. The molecule has 2 aromatic carbocycles. The van der Waals surface area contributed by atoms with E-state index in [-0.39, 0.29) is 35.8 Å². The largest absolute Gasteiger partial charge is 0.355 e. The second-order valence-electron chi connectivity index (χ2n) is 6.78. The first-order chi connectivity index (χ1) is 13.0. The fourth-order valence-electron chi connectivity index (χ4n) is 3.20. The third-order valence-corrected chi connectivity index (χ3v) is 4.80. The average Bonchev–Trinajstić information content (AvgIpc) is 3.04. The van der Waals surface area contributed by atoms with Crippen LogP contribution in [0.25, 0.3) is 0 Å². The number of carbonyl (C=O) groups excluding carboxylic acids is 2. The van der Waals surface area contributed by atoms with Crippen molar-refractivity contribution >= 4 is 11.8 Å². The molecule has 0 aliphatic carbocycles. The first-order valence-corrected chi connectivity index (χ1v) is 9.05. The van der Waals surface area contributed by atoms with Gasteiger partial charge in [-0.05, 0) is 48.2 Å². The fraction of sp³-hybridized carbons (Fsp3) is 0.333. The summed E-state index contributed by atoms with van der Waals surface area (Å²) < 4.78 is 25.8. The van der Waals surface area contributed by atoms with Crippen LogP contribution in [0.5, 0.6) is 0 Å². The van der Waals surface area contributed by atoms with Crippen molar-refractivity contribution in [3.63, 3.8) is 0 Å². The molecule has 1 fully saturated rings. The molecule has 1 atom stereocenters. The van der Waals surface area contributed by atoms with Gasteiger partial charge in [0.05, 0.1) is 5.92 Å². The van der Waals surface area contributed by atoms with Crippen molar-refractivity contribution in [3.8, 4) is 0 Å². The van der Waals surface area contributed by atoms with E-state index in [4.69, 9.17) is 0 Å². The normalized spacial score (nSPS) is 16.6. The minimum Gasteiger partial charge on any atom is -0.355 e. The topological polar surface area (TPSA) is 49.4 Å². The van der Waals surface area contributed by atoms with Crippen molar-refractivity contribution in [2.24, 2.45) is 5.92 Å². The lowest BCUT2D eigenvalue weighted by Crippen LogP contribution is -2.34. The molecule has 0 radical (unpaired) electrons. The number of hydrogen-bond donors (Lipinski definition) is 1. The molecule has 142 valence electrons. The van der Waals surface area contributed by atoms with Gasteiger partial charge in [-0.2, -0.15) is 0 Å². The van der Waals surface area contributed by atoms with E-state index < -0.39 is 0 Å². The summed E-state index contributed by atoms with van der Waals surface area (Å²) >= 11 is 0. The number of nitrogens with one attached hydrogen (secondary N) is 1. The molecule has 0 aromatic heterocycles. The highest BCUT2D eigenvalue weighted by molar-refractivity contribution is 5.89. The molecular formula is C21H22F2N2O2. The first kappa shape index (κ1) is 19.0. The highest BCUT2D eigenvalue weighted by Crippen LogP contribution is 2.18. The highest BCUT2D eigenvalue weighted by Gasteiger charge is 2.33. The van der Waals surface area contributed by atoms with Gasteiger partial charge < -0.3 is 10.2 Å². The Bertz CT molecular complexity index is 791. The summed E-state index contributed by atoms with van der Waals surface area (Å²) in [5.41, 5.74) is 1.90. The van der Waals surface area contributed by atoms with Crippen molar-refractivity contribution in [2.75, 3.05) is 19.6 Å². The van der Waals surface area contributed by atoms with Crippen LogP contribution in [0.2, 0.25) is 0 Å².